The summed E-state index contributed by atoms with van der Waals surface area (Å²) in [6.45, 7) is -0.422. The van der Waals surface area contributed by atoms with Gasteiger partial charge in [0, 0.05) is 79.1 Å². The number of rotatable bonds is 21. The molecule has 0 saturated heterocycles. The summed E-state index contributed by atoms with van der Waals surface area (Å²) in [6, 6.07) is 129. The molecule has 0 N–H and O–H groups in total. The number of halogens is 20. The number of alkyl halides is 8. The molecule has 29 heteroatoms. The van der Waals surface area contributed by atoms with Crippen LogP contribution in [0.1, 0.15) is 11.1 Å². The lowest BCUT2D eigenvalue weighted by molar-refractivity contribution is -0.237. The van der Waals surface area contributed by atoms with E-state index in [1.165, 1.54) is 56.2 Å². The van der Waals surface area contributed by atoms with Crippen LogP contribution >= 0.6 is 0 Å². The van der Waals surface area contributed by atoms with Crippen molar-refractivity contribution in [3.05, 3.63) is 536 Å². The highest BCUT2D eigenvalue weighted by atomic mass is 32.2. The van der Waals surface area contributed by atoms with Gasteiger partial charge in [0.2, 0.25) is 29.4 Å². The van der Waals surface area contributed by atoms with Crippen molar-refractivity contribution in [3.8, 4) is 0 Å². The molecule has 722 valence electrons. The predicted molar refractivity (Wildman–Crippen MR) is 523 cm³/mol. The lowest BCUT2D eigenvalue weighted by Crippen LogP contribution is -2.12. The van der Waals surface area contributed by atoms with Crippen LogP contribution in [0, 0.1) is 69.8 Å². The third kappa shape index (κ3) is 31.6. The summed E-state index contributed by atoms with van der Waals surface area (Å²) in [5.41, 5.74) is 1.03. The molecule has 142 heavy (non-hydrogen) atoms. The molecule has 0 bridgehead atoms. The van der Waals surface area contributed by atoms with Crippen LogP contribution in [0.2, 0.25) is 0 Å². The van der Waals surface area contributed by atoms with E-state index in [0.717, 1.165) is 107 Å². The Kier molecular flexibility index (Phi) is 39.2. The first-order chi connectivity index (χ1) is 68.1. The molecule has 0 atom stereocenters. The molecule has 2 nitrogen and oxygen atoms in total. The van der Waals surface area contributed by atoms with Crippen LogP contribution in [-0.4, -0.2) is 27.3 Å². The number of benzene rings is 18. The lowest BCUT2D eigenvalue weighted by Gasteiger charge is -2.10. The minimum absolute atomic E-state index is 0.156. The molecule has 0 spiro atoms. The van der Waals surface area contributed by atoms with Crippen LogP contribution in [-0.2, 0) is 88.3 Å². The van der Waals surface area contributed by atoms with Crippen LogP contribution < -0.4 is 0 Å². The van der Waals surface area contributed by atoms with Gasteiger partial charge < -0.3 is 0 Å². The van der Waals surface area contributed by atoms with E-state index in [9.17, 15) is 96.2 Å². The maximum atomic E-state index is 14.3. The van der Waals surface area contributed by atoms with Gasteiger partial charge in [-0.3, -0.25) is 0 Å². The summed E-state index contributed by atoms with van der Waals surface area (Å²) in [5, 5.41) is 0. The Balaban J connectivity index is 0.000000151. The van der Waals surface area contributed by atoms with E-state index in [0.29, 0.717) is 38.4 Å². The molecule has 0 fully saturated rings. The molecule has 0 saturated carbocycles. The van der Waals surface area contributed by atoms with Gasteiger partial charge in [0.1, 0.15) is 74.3 Å². The summed E-state index contributed by atoms with van der Waals surface area (Å²) < 4.78 is 278. The zero-order valence-corrected chi connectivity index (χ0v) is 80.2. The molecular weight excluding hydrogens is 1990 g/mol. The van der Waals surface area contributed by atoms with Gasteiger partial charge >= 0.3 is 12.6 Å². The van der Waals surface area contributed by atoms with E-state index in [4.69, 9.17) is 0 Å². The predicted octanol–water partition coefficient (Wildman–Crippen LogP) is 32.8. The monoisotopic (exact) mass is 2070 g/mol. The van der Waals surface area contributed by atoms with Gasteiger partial charge in [0.05, 0.1) is 44.0 Å². The maximum absolute atomic E-state index is 14.3. The van der Waals surface area contributed by atoms with Gasteiger partial charge in [-0.1, -0.05) is 188 Å². The Hall–Kier alpha value is -13.4. The molecule has 18 aromatic carbocycles. The van der Waals surface area contributed by atoms with E-state index in [1.54, 1.807) is 54.6 Å². The third-order valence-corrected chi connectivity index (χ3v) is 34.4. The minimum atomic E-state index is -5.50. The summed E-state index contributed by atoms with van der Waals surface area (Å²) >= 11 is 0. The van der Waals surface area contributed by atoms with Crippen LogP contribution in [0.15, 0.2) is 548 Å². The molecule has 0 aliphatic heterocycles. The first-order valence-corrected chi connectivity index (χ1v) is 51.9. The van der Waals surface area contributed by atoms with Crippen molar-refractivity contribution in [1.29, 1.82) is 0 Å². The molecule has 0 aromatic heterocycles. The van der Waals surface area contributed by atoms with E-state index >= 15 is 0 Å². The van der Waals surface area contributed by atoms with Gasteiger partial charge in [-0.2, -0.15) is 13.2 Å². The van der Waals surface area contributed by atoms with Crippen molar-refractivity contribution >= 4 is 75.2 Å². The van der Waals surface area contributed by atoms with Gasteiger partial charge in [-0.15, -0.1) is 17.6 Å². The van der Waals surface area contributed by atoms with Crippen molar-refractivity contribution < 1.29 is 96.2 Å². The van der Waals surface area contributed by atoms with Gasteiger partial charge in [0.15, 0.2) is 103 Å². The Morgan fingerprint density at radius 3 is 0.620 bits per heavy atom. The quantitative estimate of drug-likeness (QED) is 0.0531. The van der Waals surface area contributed by atoms with E-state index < -0.39 is 149 Å². The first kappa shape index (κ1) is 107. The fourth-order valence-corrected chi connectivity index (χ4v) is 27.1. The number of hydrogen-bond donors (Lipinski definition) is 0. The zero-order chi connectivity index (χ0) is 101. The van der Waals surface area contributed by atoms with Crippen molar-refractivity contribution in [1.82, 2.24) is 0 Å². The molecular formula is C113H82F20O2S7+6. The molecule has 0 radical (unpaired) electrons. The number of hydrogen-bond acceptors (Lipinski definition) is 2. The molecule has 0 aliphatic carbocycles. The van der Waals surface area contributed by atoms with Crippen molar-refractivity contribution in [2.75, 3.05) is 6.26 Å². The highest BCUT2D eigenvalue weighted by molar-refractivity contribution is 7.98. The molecule has 18 aromatic rings. The normalized spacial score (nSPS) is 11.2. The lowest BCUT2D eigenvalue weighted by atomic mass is 10.1. The third-order valence-electron chi connectivity index (χ3n) is 19.8. The second-order valence-electron chi connectivity index (χ2n) is 30.0. The fraction of sp³-hybridized carbons (Fsp3) is 0.0442. The summed E-state index contributed by atoms with van der Waals surface area (Å²) in [6.07, 6.45) is -9.37. The standard InChI is InChI=1S/C20H16F3S.C19H16FS.C19H17O2S2.C18H9F6S.C18H11F4S.C18H13F2S.CF4/c21-20(22,23)15-16-8-7-13-19(14-16)24(17-9-3-1-4-10-17)18-11-5-2-6-12-18;20-15-16-8-7-13-19(14-16)21(17-9-3-1-4-10-17)18-11-5-2-6-12-18;1-23(20,21)19-14-12-18(13-15-19)22(16-8-4-2-5-9-16)17-10-6-3-7-11-17;19-10-1-4-16(13(22)7-10)25(17-5-2-11(20)8-14(17)23)18-6-3-12(21)9-15(18)24;19-12-6-8-17(15(21)10-12)23(14-4-2-1-3-5-14)18-9-7-13(20)11-16(18)22;19-14-11-12-18(17(20)13-14)21(15-7-3-1-4-8-15)16-9-5-2-6-10-16;2-1(3,4)5/h1-14H,15H2;1-14H,15H2;2-15H,1H3;1-9H;1-11H;1-13H;/q6*+1;. The van der Waals surface area contributed by atoms with Crippen LogP contribution in [0.3, 0.4) is 0 Å². The Labute approximate surface area is 826 Å². The van der Waals surface area contributed by atoms with Gasteiger partial charge in [-0.05, 0) is 205 Å². The Bertz CT molecular complexity index is 6840. The molecule has 18 rings (SSSR count). The van der Waals surface area contributed by atoms with Crippen molar-refractivity contribution in [2.24, 2.45) is 0 Å². The average Bonchev–Trinajstić information content (AvgIpc) is 0.783. The van der Waals surface area contributed by atoms with Crippen LogP contribution in [0.4, 0.5) is 87.8 Å². The second kappa shape index (κ2) is 51.9. The highest BCUT2D eigenvalue weighted by Gasteiger charge is 2.41. The highest BCUT2D eigenvalue weighted by Crippen LogP contribution is 2.42. The summed E-state index contributed by atoms with van der Waals surface area (Å²) in [7, 11) is -7.44. The second-order valence-corrected chi connectivity index (χ2v) is 44.0. The zero-order valence-electron chi connectivity index (χ0n) is 74.4. The van der Waals surface area contributed by atoms with Crippen LogP contribution in [0.5, 0.6) is 0 Å². The SMILES string of the molecule is CS(=O)(=O)c1ccc([S+](c2ccccc2)c2ccccc2)cc1.FC(F)(F)Cc1cccc([S+](c2ccccc2)c2ccccc2)c1.FC(F)(F)F.FCc1cccc([S+](c2ccccc2)c2ccccc2)c1.Fc1ccc([S+](c2ccc(F)cc2F)c2ccc(F)cc2F)c(F)c1.Fc1ccc([S+](c2ccccc2)c2ccc(F)cc2F)c(F)c1.Fc1ccc([S+](c2ccccc2)c2ccccc2)c(F)c1. The Morgan fingerprint density at radius 2 is 0.394 bits per heavy atom. The van der Waals surface area contributed by atoms with E-state index in [2.05, 4.69) is 78.9 Å². The van der Waals surface area contributed by atoms with Gasteiger partial charge in [-0.25, -0.2) is 65.5 Å². The molecule has 0 amide bonds. The largest absolute Gasteiger partial charge is 0.559 e. The summed E-state index contributed by atoms with van der Waals surface area (Å²) in [5.74, 6) is -9.63. The first-order valence-electron chi connectivity index (χ1n) is 42.6. The van der Waals surface area contributed by atoms with Crippen molar-refractivity contribution in [3.63, 3.8) is 0 Å². The average molecular weight is 2080 g/mol. The fourth-order valence-electron chi connectivity index (χ4n) is 13.8. The smallest absolute Gasteiger partial charge is 0.246 e. The minimum Gasteiger partial charge on any atom is -0.246 e. The van der Waals surface area contributed by atoms with Crippen molar-refractivity contribution in [2.45, 2.75) is 119 Å². The van der Waals surface area contributed by atoms with E-state index in [-0.39, 0.29) is 46.3 Å². The van der Waals surface area contributed by atoms with Crippen LogP contribution in [0.25, 0.3) is 0 Å². The van der Waals surface area contributed by atoms with E-state index in [1.807, 2.05) is 206 Å². The molecule has 0 unspecified atom stereocenters. The molecule has 0 aliphatic rings. The Morgan fingerprint density at radius 1 is 0.204 bits per heavy atom. The maximum Gasteiger partial charge on any atom is 0.559 e. The van der Waals surface area contributed by atoms with Gasteiger partial charge in [0.25, 0.3) is 0 Å². The topological polar surface area (TPSA) is 34.1 Å². The molecule has 0 heterocycles. The summed E-state index contributed by atoms with van der Waals surface area (Å²) in [4.78, 5) is 13.5. The number of sulfone groups is 1.